The number of benzene rings is 1. The Morgan fingerprint density at radius 2 is 1.89 bits per heavy atom. The van der Waals surface area contributed by atoms with E-state index in [1.165, 1.54) is 27.8 Å². The van der Waals surface area contributed by atoms with Gasteiger partial charge in [-0.1, -0.05) is 6.92 Å². The van der Waals surface area contributed by atoms with Crippen LogP contribution < -0.4 is 9.64 Å². The molecule has 28 heavy (non-hydrogen) atoms. The topological polar surface area (TPSA) is 44.4 Å². The maximum atomic E-state index is 5.31. The number of H-pyrrole nitrogens is 1. The van der Waals surface area contributed by atoms with Gasteiger partial charge in [-0.05, 0) is 50.1 Å². The second-order valence-electron chi connectivity index (χ2n) is 7.77. The van der Waals surface area contributed by atoms with Gasteiger partial charge in [0, 0.05) is 72.3 Å². The second-order valence-corrected chi connectivity index (χ2v) is 7.77. The molecule has 0 radical (unpaired) electrons. The van der Waals surface area contributed by atoms with E-state index in [1.54, 1.807) is 13.3 Å². The lowest BCUT2D eigenvalue weighted by Crippen LogP contribution is -2.48. The van der Waals surface area contributed by atoms with E-state index < -0.39 is 0 Å². The fourth-order valence-electron chi connectivity index (χ4n) is 4.22. The first kappa shape index (κ1) is 18.8. The Morgan fingerprint density at radius 3 is 2.57 bits per heavy atom. The first-order valence-electron chi connectivity index (χ1n) is 10.2. The number of anilines is 1. The van der Waals surface area contributed by atoms with Gasteiger partial charge >= 0.3 is 0 Å². The first-order valence-corrected chi connectivity index (χ1v) is 10.2. The van der Waals surface area contributed by atoms with Crippen LogP contribution in [-0.2, 0) is 6.42 Å². The fraction of sp³-hybridized carbons (Fsp3) is 0.435. The molecule has 1 saturated heterocycles. The lowest BCUT2D eigenvalue weighted by Gasteiger charge is -2.38. The molecule has 0 spiro atoms. The summed E-state index contributed by atoms with van der Waals surface area (Å²) >= 11 is 0. The summed E-state index contributed by atoms with van der Waals surface area (Å²) in [5.74, 6) is 0.641. The molecular weight excluding hydrogens is 348 g/mol. The zero-order valence-electron chi connectivity index (χ0n) is 17.3. The van der Waals surface area contributed by atoms with Crippen molar-refractivity contribution < 1.29 is 4.74 Å². The van der Waals surface area contributed by atoms with E-state index in [0.717, 1.165) is 38.2 Å². The molecule has 3 aromatic rings. The Bertz CT molecular complexity index is 954. The molecule has 0 atom stereocenters. The zero-order valence-corrected chi connectivity index (χ0v) is 17.3. The number of fused-ring (bicyclic) bond motifs is 1. The number of aromatic nitrogens is 2. The van der Waals surface area contributed by atoms with Crippen molar-refractivity contribution in [3.05, 3.63) is 42.1 Å². The van der Waals surface area contributed by atoms with E-state index in [4.69, 9.17) is 4.74 Å². The minimum atomic E-state index is 0.626. The molecule has 1 aliphatic heterocycles. The van der Waals surface area contributed by atoms with Crippen LogP contribution in [-0.4, -0.2) is 54.2 Å². The molecule has 0 amide bonds. The molecule has 148 valence electrons. The van der Waals surface area contributed by atoms with Crippen LogP contribution in [0.25, 0.3) is 22.2 Å². The Morgan fingerprint density at radius 1 is 1.11 bits per heavy atom. The molecule has 0 aliphatic carbocycles. The van der Waals surface area contributed by atoms with Crippen LogP contribution in [0, 0.1) is 0 Å². The first-order chi connectivity index (χ1) is 13.6. The zero-order chi connectivity index (χ0) is 19.7. The van der Waals surface area contributed by atoms with Gasteiger partial charge in [0.25, 0.3) is 0 Å². The Hall–Kier alpha value is -2.53. The lowest BCUT2D eigenvalue weighted by atomic mass is 10.0. The summed E-state index contributed by atoms with van der Waals surface area (Å²) in [7, 11) is 1.66. The van der Waals surface area contributed by atoms with Crippen LogP contribution in [0.2, 0.25) is 0 Å². The van der Waals surface area contributed by atoms with E-state index in [0.29, 0.717) is 11.9 Å². The number of piperazine rings is 1. The highest BCUT2D eigenvalue weighted by Gasteiger charge is 2.20. The minimum Gasteiger partial charge on any atom is -0.481 e. The number of hydrogen-bond acceptors (Lipinski definition) is 4. The summed E-state index contributed by atoms with van der Waals surface area (Å²) in [4.78, 5) is 12.9. The molecule has 5 nitrogen and oxygen atoms in total. The van der Waals surface area contributed by atoms with Gasteiger partial charge in [-0.2, -0.15) is 0 Å². The second kappa shape index (κ2) is 7.84. The van der Waals surface area contributed by atoms with Gasteiger partial charge in [-0.3, -0.25) is 4.90 Å². The maximum Gasteiger partial charge on any atom is 0.213 e. The highest BCUT2D eigenvalue weighted by molar-refractivity contribution is 5.93. The van der Waals surface area contributed by atoms with Gasteiger partial charge in [0.15, 0.2) is 0 Å². The number of methoxy groups -OCH3 is 1. The molecule has 1 N–H and O–H groups in total. The number of pyridine rings is 1. The smallest absolute Gasteiger partial charge is 0.213 e. The number of aromatic amines is 1. The average Bonchev–Trinajstić information content (AvgIpc) is 3.11. The number of ether oxygens (including phenoxy) is 1. The Labute approximate surface area is 167 Å². The van der Waals surface area contributed by atoms with Crippen LogP contribution in [0.1, 0.15) is 26.3 Å². The van der Waals surface area contributed by atoms with E-state index in [1.807, 2.05) is 12.1 Å². The molecule has 0 saturated carbocycles. The number of nitrogens with one attached hydrogen (secondary N) is 1. The summed E-state index contributed by atoms with van der Waals surface area (Å²) in [6, 6.07) is 11.5. The third-order valence-corrected chi connectivity index (χ3v) is 5.89. The predicted molar refractivity (Wildman–Crippen MR) is 116 cm³/mol. The van der Waals surface area contributed by atoms with Crippen LogP contribution in [0.15, 0.2) is 36.5 Å². The molecule has 2 aromatic heterocycles. The molecule has 1 aromatic carbocycles. The van der Waals surface area contributed by atoms with Gasteiger partial charge in [-0.15, -0.1) is 0 Å². The minimum absolute atomic E-state index is 0.626. The molecule has 4 rings (SSSR count). The standard InChI is InChI=1S/C23H30N4O/c1-5-19-20-15-18(27-12-10-26(11-13-27)16(2)3)6-7-21(20)25-23(19)17-8-9-24-22(14-17)28-4/h6-9,14-16,25H,5,10-13H2,1-4H3. The van der Waals surface area contributed by atoms with Crippen LogP contribution in [0.4, 0.5) is 5.69 Å². The third kappa shape index (κ3) is 3.47. The molecule has 0 unspecified atom stereocenters. The third-order valence-electron chi connectivity index (χ3n) is 5.89. The molecule has 1 aliphatic rings. The summed E-state index contributed by atoms with van der Waals surface area (Å²) in [6.45, 7) is 11.2. The summed E-state index contributed by atoms with van der Waals surface area (Å²) in [5.41, 5.74) is 6.15. The highest BCUT2D eigenvalue weighted by Crippen LogP contribution is 2.34. The van der Waals surface area contributed by atoms with Gasteiger partial charge in [-0.25, -0.2) is 4.98 Å². The van der Waals surface area contributed by atoms with E-state index in [2.05, 4.69) is 58.7 Å². The average molecular weight is 379 g/mol. The SMILES string of the molecule is CCc1c(-c2ccnc(OC)c2)[nH]c2ccc(N3CCN(C(C)C)CC3)cc12. The van der Waals surface area contributed by atoms with Gasteiger partial charge in [0.2, 0.25) is 5.88 Å². The van der Waals surface area contributed by atoms with E-state index in [9.17, 15) is 0 Å². The van der Waals surface area contributed by atoms with Crippen molar-refractivity contribution in [3.63, 3.8) is 0 Å². The Balaban J connectivity index is 1.68. The number of hydrogen-bond donors (Lipinski definition) is 1. The predicted octanol–water partition coefficient (Wildman–Crippen LogP) is 4.33. The molecule has 5 heteroatoms. The van der Waals surface area contributed by atoms with Gasteiger partial charge in [0.1, 0.15) is 0 Å². The molecule has 3 heterocycles. The van der Waals surface area contributed by atoms with Crippen LogP contribution in [0.5, 0.6) is 5.88 Å². The van der Waals surface area contributed by atoms with Crippen molar-refractivity contribution in [3.8, 4) is 17.1 Å². The molecule has 0 bridgehead atoms. The van der Waals surface area contributed by atoms with Crippen LogP contribution in [0.3, 0.4) is 0 Å². The summed E-state index contributed by atoms with van der Waals surface area (Å²) < 4.78 is 5.31. The lowest BCUT2D eigenvalue weighted by molar-refractivity contribution is 0.209. The molecular formula is C23H30N4O. The fourth-order valence-corrected chi connectivity index (χ4v) is 4.22. The largest absolute Gasteiger partial charge is 0.481 e. The van der Waals surface area contributed by atoms with Crippen molar-refractivity contribution in [1.82, 2.24) is 14.9 Å². The van der Waals surface area contributed by atoms with Crippen molar-refractivity contribution in [2.24, 2.45) is 0 Å². The molecule has 1 fully saturated rings. The van der Waals surface area contributed by atoms with Gasteiger partial charge in [0.05, 0.1) is 7.11 Å². The maximum absolute atomic E-state index is 5.31. The summed E-state index contributed by atoms with van der Waals surface area (Å²) in [6.07, 6.45) is 2.78. The Kier molecular flexibility index (Phi) is 5.27. The monoisotopic (exact) mass is 378 g/mol. The number of aryl methyl sites for hydroxylation is 1. The van der Waals surface area contributed by atoms with E-state index in [-0.39, 0.29) is 0 Å². The van der Waals surface area contributed by atoms with E-state index >= 15 is 0 Å². The number of nitrogens with zero attached hydrogens (tertiary/aromatic N) is 3. The summed E-state index contributed by atoms with van der Waals surface area (Å²) in [5, 5.41) is 1.32. The van der Waals surface area contributed by atoms with Crippen molar-refractivity contribution in [1.29, 1.82) is 0 Å². The normalized spacial score (nSPS) is 15.5. The van der Waals surface area contributed by atoms with Gasteiger partial charge < -0.3 is 14.6 Å². The van der Waals surface area contributed by atoms with Crippen molar-refractivity contribution in [2.45, 2.75) is 33.2 Å². The van der Waals surface area contributed by atoms with Crippen molar-refractivity contribution >= 4 is 16.6 Å². The quantitative estimate of drug-likeness (QED) is 0.718. The van der Waals surface area contributed by atoms with Crippen LogP contribution >= 0.6 is 0 Å². The van der Waals surface area contributed by atoms with Crippen molar-refractivity contribution in [2.75, 3.05) is 38.2 Å². The number of rotatable bonds is 5. The highest BCUT2D eigenvalue weighted by atomic mass is 16.5.